The molecule has 1 saturated heterocycles. The summed E-state index contributed by atoms with van der Waals surface area (Å²) in [4.78, 5) is 39.3. The van der Waals surface area contributed by atoms with Gasteiger partial charge >= 0.3 is 5.97 Å². The van der Waals surface area contributed by atoms with Crippen LogP contribution in [-0.2, 0) is 23.7 Å². The van der Waals surface area contributed by atoms with Crippen molar-refractivity contribution in [1.82, 2.24) is 0 Å². The molecule has 9 nitrogen and oxygen atoms in total. The monoisotopic (exact) mass is 497 g/mol. The third kappa shape index (κ3) is 6.43. The Morgan fingerprint density at radius 3 is 2.58 bits per heavy atom. The SMILES string of the molecule is [B]C(=O)N(C)c1cc2c(c(OCOC)c1)C(=O)O[C@@H](C)[C@H](C)/C=C\C(=O)C1OC(C)(C)OC1C/C=C/2. The molecule has 2 heterocycles. The highest BCUT2D eigenvalue weighted by Gasteiger charge is 2.43. The second-order valence-corrected chi connectivity index (χ2v) is 9.32. The first kappa shape index (κ1) is 27.6. The minimum Gasteiger partial charge on any atom is -0.467 e. The number of anilines is 1. The maximum Gasteiger partial charge on any atom is 0.342 e. The van der Waals surface area contributed by atoms with Crippen molar-refractivity contribution in [2.24, 2.45) is 5.92 Å². The van der Waals surface area contributed by atoms with Crippen LogP contribution in [-0.4, -0.2) is 70.5 Å². The number of nitrogens with zero attached hydrogens (tertiary/aromatic N) is 1. The fraction of sp³-hybridized carbons (Fsp3) is 0.500. The zero-order valence-corrected chi connectivity index (χ0v) is 21.5. The summed E-state index contributed by atoms with van der Waals surface area (Å²) >= 11 is 0. The Labute approximate surface area is 212 Å². The fourth-order valence-electron chi connectivity index (χ4n) is 3.94. The topological polar surface area (TPSA) is 101 Å². The molecule has 1 amide bonds. The number of hydrogen-bond donors (Lipinski definition) is 0. The molecule has 192 valence electrons. The molecule has 1 aromatic rings. The van der Waals surface area contributed by atoms with E-state index in [0.29, 0.717) is 17.7 Å². The average molecular weight is 497 g/mol. The number of amides is 1. The lowest BCUT2D eigenvalue weighted by Gasteiger charge is -2.23. The molecule has 0 aliphatic carbocycles. The number of rotatable bonds is 4. The Hall–Kier alpha value is -2.95. The van der Waals surface area contributed by atoms with Crippen LogP contribution < -0.4 is 9.64 Å². The Bertz CT molecular complexity index is 1070. The number of ketones is 1. The normalized spacial score (nSPS) is 27.7. The van der Waals surface area contributed by atoms with E-state index in [9.17, 15) is 14.4 Å². The van der Waals surface area contributed by atoms with Gasteiger partial charge in [-0.15, -0.1) is 0 Å². The molecule has 2 aliphatic rings. The maximum absolute atomic E-state index is 13.3. The smallest absolute Gasteiger partial charge is 0.342 e. The minimum absolute atomic E-state index is 0.131. The zero-order chi connectivity index (χ0) is 26.6. The van der Waals surface area contributed by atoms with Crippen LogP contribution in [0.15, 0.2) is 30.4 Å². The van der Waals surface area contributed by atoms with Gasteiger partial charge in [-0.25, -0.2) is 4.79 Å². The third-order valence-electron chi connectivity index (χ3n) is 6.10. The molecule has 4 atom stereocenters. The summed E-state index contributed by atoms with van der Waals surface area (Å²) in [6, 6.07) is 3.16. The molecule has 0 saturated carbocycles. The van der Waals surface area contributed by atoms with Crippen molar-refractivity contribution in [1.29, 1.82) is 0 Å². The average Bonchev–Trinajstić information content (AvgIpc) is 3.13. The summed E-state index contributed by atoms with van der Waals surface area (Å²) in [7, 11) is 8.43. The van der Waals surface area contributed by atoms with Gasteiger partial charge in [-0.1, -0.05) is 25.2 Å². The Kier molecular flexibility index (Phi) is 8.76. The molecular formula is C26H32BNO8. The van der Waals surface area contributed by atoms with E-state index in [4.69, 9.17) is 31.5 Å². The van der Waals surface area contributed by atoms with Gasteiger partial charge < -0.3 is 28.6 Å². The molecule has 0 aromatic heterocycles. The molecule has 2 radical (unpaired) electrons. The summed E-state index contributed by atoms with van der Waals surface area (Å²) in [6.07, 6.45) is 5.09. The van der Waals surface area contributed by atoms with Crippen molar-refractivity contribution in [3.05, 3.63) is 41.5 Å². The lowest BCUT2D eigenvalue weighted by Crippen LogP contribution is -2.30. The lowest BCUT2D eigenvalue weighted by molar-refractivity contribution is -0.152. The van der Waals surface area contributed by atoms with Crippen molar-refractivity contribution in [2.45, 2.75) is 58.2 Å². The van der Waals surface area contributed by atoms with Crippen LogP contribution in [0.5, 0.6) is 5.75 Å². The summed E-state index contributed by atoms with van der Waals surface area (Å²) < 4.78 is 28.3. The highest BCUT2D eigenvalue weighted by atomic mass is 16.8. The van der Waals surface area contributed by atoms with Gasteiger partial charge in [0.05, 0.1) is 6.10 Å². The number of carbonyl (C=O) groups is 3. The molecule has 2 unspecified atom stereocenters. The van der Waals surface area contributed by atoms with E-state index in [2.05, 4.69) is 0 Å². The Morgan fingerprint density at radius 2 is 1.92 bits per heavy atom. The van der Waals surface area contributed by atoms with E-state index in [0.717, 1.165) is 0 Å². The number of ether oxygens (including phenoxy) is 5. The van der Waals surface area contributed by atoms with Gasteiger partial charge in [0.15, 0.2) is 24.2 Å². The number of methoxy groups -OCH3 is 1. The van der Waals surface area contributed by atoms with Crippen LogP contribution in [0.25, 0.3) is 6.08 Å². The molecule has 0 spiro atoms. The van der Waals surface area contributed by atoms with Crippen LogP contribution in [0.1, 0.15) is 50.0 Å². The van der Waals surface area contributed by atoms with Crippen LogP contribution in [0.4, 0.5) is 10.5 Å². The molecule has 0 N–H and O–H groups in total. The Balaban J connectivity index is 2.13. The Morgan fingerprint density at radius 1 is 1.19 bits per heavy atom. The van der Waals surface area contributed by atoms with Crippen LogP contribution in [0.3, 0.4) is 0 Å². The van der Waals surface area contributed by atoms with Crippen molar-refractivity contribution in [3.8, 4) is 5.75 Å². The van der Waals surface area contributed by atoms with Crippen LogP contribution >= 0.6 is 0 Å². The predicted molar refractivity (Wildman–Crippen MR) is 134 cm³/mol. The second-order valence-electron chi connectivity index (χ2n) is 9.32. The van der Waals surface area contributed by atoms with Gasteiger partial charge in [-0.05, 0) is 44.9 Å². The standard InChI is InChI=1S/C26H32BNO8/c1-15-10-11-19(29)23-20(35-26(3,4)36-23)9-7-8-17-12-18(28(5)25(27)31)13-21(33-14-32-6)22(17)24(30)34-16(15)2/h7-8,10-13,15-16,20,23H,9,14H2,1-6H3/b8-7+,11-10-/t15-,16+,20?,23?/m1/s1. The van der Waals surface area contributed by atoms with Gasteiger partial charge in [0.25, 0.3) is 0 Å². The summed E-state index contributed by atoms with van der Waals surface area (Å²) in [5.41, 5.74) is 1.01. The van der Waals surface area contributed by atoms with Gasteiger partial charge in [0, 0.05) is 31.8 Å². The number of cyclic esters (lactones) is 1. The molecule has 36 heavy (non-hydrogen) atoms. The fourth-order valence-corrected chi connectivity index (χ4v) is 3.94. The van der Waals surface area contributed by atoms with E-state index in [1.165, 1.54) is 31.2 Å². The number of carbonyl (C=O) groups excluding carboxylic acids is 3. The van der Waals surface area contributed by atoms with E-state index in [1.54, 1.807) is 45.1 Å². The summed E-state index contributed by atoms with van der Waals surface area (Å²) in [5.74, 6) is -2.54. The highest BCUT2D eigenvalue weighted by Crippen LogP contribution is 2.34. The summed E-state index contributed by atoms with van der Waals surface area (Å²) in [5, 5.41) is 0. The number of esters is 1. The van der Waals surface area contributed by atoms with Crippen molar-refractivity contribution in [3.63, 3.8) is 0 Å². The number of benzene rings is 1. The van der Waals surface area contributed by atoms with Gasteiger partial charge in [0.1, 0.15) is 23.5 Å². The largest absolute Gasteiger partial charge is 0.467 e. The van der Waals surface area contributed by atoms with E-state index in [1.807, 2.05) is 6.92 Å². The first-order valence-corrected chi connectivity index (χ1v) is 11.7. The molecule has 3 rings (SSSR count). The molecule has 2 aliphatic heterocycles. The first-order chi connectivity index (χ1) is 16.9. The van der Waals surface area contributed by atoms with E-state index < -0.39 is 35.9 Å². The molecule has 0 bridgehead atoms. The summed E-state index contributed by atoms with van der Waals surface area (Å²) in [6.45, 7) is 6.97. The van der Waals surface area contributed by atoms with Crippen LogP contribution in [0.2, 0.25) is 0 Å². The third-order valence-corrected chi connectivity index (χ3v) is 6.10. The van der Waals surface area contributed by atoms with Crippen molar-refractivity contribution in [2.75, 3.05) is 25.9 Å². The quantitative estimate of drug-likeness (QED) is 0.353. The van der Waals surface area contributed by atoms with E-state index in [-0.39, 0.29) is 29.8 Å². The maximum atomic E-state index is 13.3. The molecule has 10 heteroatoms. The molecule has 1 fully saturated rings. The van der Waals surface area contributed by atoms with Gasteiger partial charge in [-0.3, -0.25) is 9.59 Å². The highest BCUT2D eigenvalue weighted by molar-refractivity contribution is 6.60. The number of hydrogen-bond acceptors (Lipinski definition) is 8. The second kappa shape index (κ2) is 11.4. The van der Waals surface area contributed by atoms with Gasteiger partial charge in [-0.2, -0.15) is 0 Å². The zero-order valence-electron chi connectivity index (χ0n) is 21.5. The molecular weight excluding hydrogens is 465 g/mol. The predicted octanol–water partition coefficient (Wildman–Crippen LogP) is 3.64. The minimum atomic E-state index is -0.922. The lowest BCUT2D eigenvalue weighted by atomic mass is 9.99. The molecule has 1 aromatic carbocycles. The van der Waals surface area contributed by atoms with Crippen molar-refractivity contribution >= 4 is 37.2 Å². The first-order valence-electron chi connectivity index (χ1n) is 11.7. The van der Waals surface area contributed by atoms with Gasteiger partial charge in [0.2, 0.25) is 7.85 Å². The van der Waals surface area contributed by atoms with Crippen molar-refractivity contribution < 1.29 is 38.1 Å². The number of fused-ring (bicyclic) bond motifs is 2. The van der Waals surface area contributed by atoms with Crippen LogP contribution in [0, 0.1) is 5.92 Å². The van der Waals surface area contributed by atoms with E-state index >= 15 is 0 Å².